The number of aromatic nitrogens is 1. The molecule has 0 aliphatic heterocycles. The quantitative estimate of drug-likeness (QED) is 0.223. The lowest BCUT2D eigenvalue weighted by Crippen LogP contribution is -2.38. The smallest absolute Gasteiger partial charge is 0.191 e. The molecule has 0 radical (unpaired) electrons. The van der Waals surface area contributed by atoms with Crippen LogP contribution in [0.25, 0.3) is 0 Å². The Kier molecular flexibility index (Phi) is 11.6. The number of guanidine groups is 1. The van der Waals surface area contributed by atoms with Gasteiger partial charge in [-0.05, 0) is 64.2 Å². The topological polar surface area (TPSA) is 71.7 Å². The maximum atomic E-state index is 5.21. The summed E-state index contributed by atoms with van der Waals surface area (Å²) in [6.07, 6.45) is 4.12. The Labute approximate surface area is 185 Å². The third-order valence-electron chi connectivity index (χ3n) is 4.50. The van der Waals surface area contributed by atoms with Gasteiger partial charge in [-0.25, -0.2) is 0 Å². The molecule has 2 rings (SSSR count). The summed E-state index contributed by atoms with van der Waals surface area (Å²) in [5, 5.41) is 10.7. The van der Waals surface area contributed by atoms with E-state index in [0.717, 1.165) is 68.5 Å². The minimum Gasteiger partial charge on any atom is -0.497 e. The summed E-state index contributed by atoms with van der Waals surface area (Å²) in [6.45, 7) is 8.49. The van der Waals surface area contributed by atoms with Gasteiger partial charge in [0.05, 0.1) is 12.8 Å². The largest absolute Gasteiger partial charge is 0.497 e. The van der Waals surface area contributed by atoms with Gasteiger partial charge in [0.2, 0.25) is 0 Å². The van der Waals surface area contributed by atoms with Crippen molar-refractivity contribution in [3.05, 3.63) is 46.8 Å². The predicted octanol–water partition coefficient (Wildman–Crippen LogP) is 4.04. The number of halogens is 1. The Hall–Kier alpha value is -1.77. The maximum Gasteiger partial charge on any atom is 0.191 e. The lowest BCUT2D eigenvalue weighted by molar-refractivity contribution is 0.392. The van der Waals surface area contributed by atoms with Crippen LogP contribution in [-0.4, -0.2) is 37.9 Å². The highest BCUT2D eigenvalue weighted by Crippen LogP contribution is 2.13. The first-order valence-corrected chi connectivity index (χ1v) is 9.71. The Morgan fingerprint density at radius 3 is 2.46 bits per heavy atom. The molecule has 0 bridgehead atoms. The van der Waals surface area contributed by atoms with Gasteiger partial charge >= 0.3 is 0 Å². The molecule has 7 heteroatoms. The molecule has 1 aromatic heterocycles. The second-order valence-electron chi connectivity index (χ2n) is 6.55. The Morgan fingerprint density at radius 2 is 1.86 bits per heavy atom. The molecule has 2 N–H and O–H groups in total. The molecule has 0 saturated heterocycles. The number of hydrogen-bond acceptors (Lipinski definition) is 4. The van der Waals surface area contributed by atoms with Gasteiger partial charge in [0.25, 0.3) is 0 Å². The van der Waals surface area contributed by atoms with Gasteiger partial charge in [-0.3, -0.25) is 4.99 Å². The summed E-state index contributed by atoms with van der Waals surface area (Å²) in [5.74, 6) is 2.67. The van der Waals surface area contributed by atoms with Crippen LogP contribution in [-0.2, 0) is 12.8 Å². The molecular formula is C21H33IN4O2. The second kappa shape index (κ2) is 13.4. The monoisotopic (exact) mass is 500 g/mol. The number of aliphatic imine (C=N–C) groups is 1. The number of unbranched alkanes of at least 4 members (excludes halogenated alkanes) is 1. The van der Waals surface area contributed by atoms with Gasteiger partial charge in [0, 0.05) is 25.2 Å². The number of benzene rings is 1. The average molecular weight is 500 g/mol. The van der Waals surface area contributed by atoms with Crippen LogP contribution in [0.2, 0.25) is 0 Å². The number of nitrogens with one attached hydrogen (secondary N) is 2. The van der Waals surface area contributed by atoms with Crippen LogP contribution in [0.1, 0.15) is 42.3 Å². The van der Waals surface area contributed by atoms with Gasteiger partial charge < -0.3 is 19.9 Å². The van der Waals surface area contributed by atoms with Gasteiger partial charge in [-0.15, -0.1) is 24.0 Å². The van der Waals surface area contributed by atoms with Gasteiger partial charge in [-0.1, -0.05) is 17.3 Å². The van der Waals surface area contributed by atoms with Crippen LogP contribution in [0, 0.1) is 13.8 Å². The Bertz CT molecular complexity index is 694. The second-order valence-corrected chi connectivity index (χ2v) is 6.55. The zero-order valence-electron chi connectivity index (χ0n) is 17.4. The molecule has 0 spiro atoms. The van der Waals surface area contributed by atoms with Crippen LogP contribution in [0.15, 0.2) is 33.8 Å². The Morgan fingerprint density at radius 1 is 1.11 bits per heavy atom. The van der Waals surface area contributed by atoms with E-state index in [1.807, 2.05) is 26.0 Å². The standard InChI is InChI=1S/C21H32N4O2.HI/c1-5-22-21(24-15-13-20-16(2)25-27-17(20)3)23-14-7-6-8-18-9-11-19(26-4)12-10-18;/h9-12H,5-8,13-15H2,1-4H3,(H2,22,23,24);1H. The van der Waals surface area contributed by atoms with E-state index < -0.39 is 0 Å². The summed E-state index contributed by atoms with van der Waals surface area (Å²) in [6, 6.07) is 8.28. The van der Waals surface area contributed by atoms with E-state index in [2.05, 4.69) is 39.8 Å². The third kappa shape index (κ3) is 8.08. The molecule has 0 unspecified atom stereocenters. The zero-order valence-corrected chi connectivity index (χ0v) is 19.7. The highest BCUT2D eigenvalue weighted by Gasteiger charge is 2.08. The number of aryl methyl sites for hydroxylation is 3. The van der Waals surface area contributed by atoms with E-state index in [4.69, 9.17) is 9.26 Å². The van der Waals surface area contributed by atoms with Crippen LogP contribution in [0.3, 0.4) is 0 Å². The van der Waals surface area contributed by atoms with Gasteiger partial charge in [-0.2, -0.15) is 0 Å². The van der Waals surface area contributed by atoms with E-state index in [-0.39, 0.29) is 24.0 Å². The molecular weight excluding hydrogens is 467 g/mol. The summed E-state index contributed by atoms with van der Waals surface area (Å²) >= 11 is 0. The first kappa shape index (κ1) is 24.3. The minimum atomic E-state index is 0. The van der Waals surface area contributed by atoms with Crippen LogP contribution in [0.4, 0.5) is 0 Å². The van der Waals surface area contributed by atoms with Crippen LogP contribution in [0.5, 0.6) is 5.75 Å². The van der Waals surface area contributed by atoms with E-state index in [1.165, 1.54) is 11.1 Å². The first-order valence-electron chi connectivity index (χ1n) is 9.71. The van der Waals surface area contributed by atoms with E-state index in [1.54, 1.807) is 7.11 Å². The van der Waals surface area contributed by atoms with Crippen molar-refractivity contribution in [2.75, 3.05) is 26.7 Å². The number of methoxy groups -OCH3 is 1. The van der Waals surface area contributed by atoms with Crippen molar-refractivity contribution in [3.8, 4) is 5.75 Å². The molecule has 28 heavy (non-hydrogen) atoms. The zero-order chi connectivity index (χ0) is 19.5. The molecule has 0 saturated carbocycles. The van der Waals surface area contributed by atoms with E-state index >= 15 is 0 Å². The van der Waals surface area contributed by atoms with Crippen molar-refractivity contribution >= 4 is 29.9 Å². The number of ether oxygens (including phenoxy) is 1. The first-order chi connectivity index (χ1) is 13.1. The fourth-order valence-electron chi connectivity index (χ4n) is 2.93. The molecule has 156 valence electrons. The minimum absolute atomic E-state index is 0. The number of hydrogen-bond donors (Lipinski definition) is 2. The molecule has 6 nitrogen and oxygen atoms in total. The van der Waals surface area contributed by atoms with Crippen LogP contribution < -0.4 is 15.4 Å². The molecule has 0 aliphatic carbocycles. The van der Waals surface area contributed by atoms with E-state index in [0.29, 0.717) is 0 Å². The van der Waals surface area contributed by atoms with Crippen molar-refractivity contribution in [2.45, 2.75) is 46.5 Å². The van der Waals surface area contributed by atoms with Crippen molar-refractivity contribution in [1.29, 1.82) is 0 Å². The SMILES string of the molecule is CCNC(=NCCCCc1ccc(OC)cc1)NCCc1c(C)noc1C.I. The molecule has 0 atom stereocenters. The van der Waals surface area contributed by atoms with E-state index in [9.17, 15) is 0 Å². The average Bonchev–Trinajstić information content (AvgIpc) is 3.00. The highest BCUT2D eigenvalue weighted by molar-refractivity contribution is 14.0. The third-order valence-corrected chi connectivity index (χ3v) is 4.50. The normalized spacial score (nSPS) is 11.1. The fourth-order valence-corrected chi connectivity index (χ4v) is 2.93. The van der Waals surface area contributed by atoms with Crippen LogP contribution >= 0.6 is 24.0 Å². The molecule has 1 aromatic carbocycles. The highest BCUT2D eigenvalue weighted by atomic mass is 127. The van der Waals surface area contributed by atoms with Gasteiger partial charge in [0.15, 0.2) is 5.96 Å². The summed E-state index contributed by atoms with van der Waals surface area (Å²) in [5.41, 5.74) is 3.48. The lowest BCUT2D eigenvalue weighted by Gasteiger charge is -2.11. The summed E-state index contributed by atoms with van der Waals surface area (Å²) in [7, 11) is 1.69. The molecule has 0 fully saturated rings. The fraction of sp³-hybridized carbons (Fsp3) is 0.524. The molecule has 0 aliphatic rings. The Balaban J connectivity index is 0.00000392. The van der Waals surface area contributed by atoms with Crippen molar-refractivity contribution in [2.24, 2.45) is 4.99 Å². The van der Waals surface area contributed by atoms with Crippen molar-refractivity contribution < 1.29 is 9.26 Å². The van der Waals surface area contributed by atoms with Gasteiger partial charge in [0.1, 0.15) is 11.5 Å². The molecule has 0 amide bonds. The maximum absolute atomic E-state index is 5.21. The molecule has 2 aromatic rings. The predicted molar refractivity (Wildman–Crippen MR) is 125 cm³/mol. The number of rotatable bonds is 10. The van der Waals surface area contributed by atoms with Crippen molar-refractivity contribution in [1.82, 2.24) is 15.8 Å². The summed E-state index contributed by atoms with van der Waals surface area (Å²) in [4.78, 5) is 4.67. The lowest BCUT2D eigenvalue weighted by atomic mass is 10.1. The molecule has 1 heterocycles. The summed E-state index contributed by atoms with van der Waals surface area (Å²) < 4.78 is 10.4. The number of nitrogens with zero attached hydrogens (tertiary/aromatic N) is 2. The van der Waals surface area contributed by atoms with Crippen molar-refractivity contribution in [3.63, 3.8) is 0 Å².